The van der Waals surface area contributed by atoms with E-state index >= 15 is 0 Å². The third-order valence-corrected chi connectivity index (χ3v) is 1.55. The van der Waals surface area contributed by atoms with Crippen molar-refractivity contribution in [3.8, 4) is 11.5 Å². The van der Waals surface area contributed by atoms with Gasteiger partial charge in [0.25, 0.3) is 0 Å². The van der Waals surface area contributed by atoms with E-state index in [9.17, 15) is 0 Å². The highest BCUT2D eigenvalue weighted by molar-refractivity contribution is 5.37. The summed E-state index contributed by atoms with van der Waals surface area (Å²) in [6.07, 6.45) is 3.50. The van der Waals surface area contributed by atoms with E-state index in [1.54, 1.807) is 18.5 Å². The molecule has 3 heteroatoms. The Morgan fingerprint density at radius 1 is 1.55 bits per heavy atom. The second kappa shape index (κ2) is 2.42. The molecule has 1 aromatic rings. The SMILES string of the molecule is CC1COc2ccncc2O1. The van der Waals surface area contributed by atoms with Gasteiger partial charge < -0.3 is 9.47 Å². The molecule has 0 aromatic carbocycles. The predicted molar refractivity (Wildman–Crippen MR) is 39.8 cm³/mol. The van der Waals surface area contributed by atoms with Crippen molar-refractivity contribution >= 4 is 0 Å². The lowest BCUT2D eigenvalue weighted by Crippen LogP contribution is -2.25. The molecule has 1 aliphatic rings. The number of nitrogens with zero attached hydrogens (tertiary/aromatic N) is 1. The first-order valence-electron chi connectivity index (χ1n) is 3.60. The van der Waals surface area contributed by atoms with E-state index in [0.717, 1.165) is 11.5 Å². The van der Waals surface area contributed by atoms with E-state index in [4.69, 9.17) is 9.47 Å². The smallest absolute Gasteiger partial charge is 0.180 e. The van der Waals surface area contributed by atoms with Crippen molar-refractivity contribution < 1.29 is 9.47 Å². The normalized spacial score (nSPS) is 21.4. The van der Waals surface area contributed by atoms with Gasteiger partial charge in [-0.3, -0.25) is 4.98 Å². The first-order chi connectivity index (χ1) is 5.36. The average Bonchev–Trinajstić information content (AvgIpc) is 2.04. The van der Waals surface area contributed by atoms with Crippen molar-refractivity contribution in [1.29, 1.82) is 0 Å². The molecular formula is C8H9NO2. The number of aromatic nitrogens is 1. The van der Waals surface area contributed by atoms with Gasteiger partial charge in [0.05, 0.1) is 6.20 Å². The molecule has 1 atom stereocenters. The Morgan fingerprint density at radius 2 is 2.45 bits per heavy atom. The molecular weight excluding hydrogens is 142 g/mol. The molecule has 0 spiro atoms. The van der Waals surface area contributed by atoms with Crippen LogP contribution in [0.1, 0.15) is 6.92 Å². The Labute approximate surface area is 65.0 Å². The van der Waals surface area contributed by atoms with Crippen LogP contribution >= 0.6 is 0 Å². The second-order valence-electron chi connectivity index (χ2n) is 2.56. The lowest BCUT2D eigenvalue weighted by Gasteiger charge is -2.22. The fourth-order valence-electron chi connectivity index (χ4n) is 1.03. The fraction of sp³-hybridized carbons (Fsp3) is 0.375. The molecule has 0 amide bonds. The predicted octanol–water partition coefficient (Wildman–Crippen LogP) is 1.24. The topological polar surface area (TPSA) is 31.4 Å². The fourth-order valence-corrected chi connectivity index (χ4v) is 1.03. The maximum Gasteiger partial charge on any atom is 0.180 e. The van der Waals surface area contributed by atoms with Gasteiger partial charge in [-0.2, -0.15) is 0 Å². The van der Waals surface area contributed by atoms with Gasteiger partial charge >= 0.3 is 0 Å². The number of rotatable bonds is 0. The van der Waals surface area contributed by atoms with Crippen LogP contribution in [0.2, 0.25) is 0 Å². The molecule has 58 valence electrons. The molecule has 11 heavy (non-hydrogen) atoms. The van der Waals surface area contributed by atoms with Gasteiger partial charge in [0.2, 0.25) is 0 Å². The first kappa shape index (κ1) is 6.46. The molecule has 1 aromatic heterocycles. The standard InChI is InChI=1S/C8H9NO2/c1-6-5-10-7-2-3-9-4-8(7)11-6/h2-4,6H,5H2,1H3. The van der Waals surface area contributed by atoms with Crippen molar-refractivity contribution in [3.63, 3.8) is 0 Å². The Kier molecular flexibility index (Phi) is 1.42. The Morgan fingerprint density at radius 3 is 3.36 bits per heavy atom. The molecule has 0 saturated carbocycles. The molecule has 2 rings (SSSR count). The average molecular weight is 151 g/mol. The number of ether oxygens (including phenoxy) is 2. The minimum Gasteiger partial charge on any atom is -0.486 e. The van der Waals surface area contributed by atoms with Crippen molar-refractivity contribution in [1.82, 2.24) is 4.98 Å². The zero-order valence-corrected chi connectivity index (χ0v) is 6.28. The Balaban J connectivity index is 2.34. The Hall–Kier alpha value is -1.25. The van der Waals surface area contributed by atoms with Gasteiger partial charge in [0, 0.05) is 12.3 Å². The van der Waals surface area contributed by atoms with Gasteiger partial charge in [-0.1, -0.05) is 0 Å². The van der Waals surface area contributed by atoms with E-state index in [-0.39, 0.29) is 6.10 Å². The molecule has 2 heterocycles. The molecule has 1 unspecified atom stereocenters. The molecule has 0 aliphatic carbocycles. The number of pyridine rings is 1. The summed E-state index contributed by atoms with van der Waals surface area (Å²) in [5, 5.41) is 0. The number of hydrogen-bond acceptors (Lipinski definition) is 3. The summed E-state index contributed by atoms with van der Waals surface area (Å²) in [4.78, 5) is 3.93. The van der Waals surface area contributed by atoms with E-state index in [1.165, 1.54) is 0 Å². The van der Waals surface area contributed by atoms with E-state index in [0.29, 0.717) is 6.61 Å². The molecule has 0 bridgehead atoms. The molecule has 0 N–H and O–H groups in total. The van der Waals surface area contributed by atoms with Crippen LogP contribution in [0.4, 0.5) is 0 Å². The largest absolute Gasteiger partial charge is 0.486 e. The first-order valence-corrected chi connectivity index (χ1v) is 3.60. The summed E-state index contributed by atoms with van der Waals surface area (Å²) < 4.78 is 10.8. The minimum atomic E-state index is 0.131. The van der Waals surface area contributed by atoms with Crippen LogP contribution in [0.15, 0.2) is 18.5 Å². The summed E-state index contributed by atoms with van der Waals surface area (Å²) in [5.41, 5.74) is 0. The summed E-state index contributed by atoms with van der Waals surface area (Å²) in [6.45, 7) is 2.59. The number of hydrogen-bond donors (Lipinski definition) is 0. The van der Waals surface area contributed by atoms with Crippen molar-refractivity contribution in [2.45, 2.75) is 13.0 Å². The van der Waals surface area contributed by atoms with Crippen LogP contribution in [0.25, 0.3) is 0 Å². The monoisotopic (exact) mass is 151 g/mol. The minimum absolute atomic E-state index is 0.131. The maximum absolute atomic E-state index is 5.44. The van der Waals surface area contributed by atoms with Crippen LogP contribution in [0, 0.1) is 0 Å². The Bertz CT molecular complexity index is 262. The molecule has 1 aliphatic heterocycles. The number of fused-ring (bicyclic) bond motifs is 1. The third-order valence-electron chi connectivity index (χ3n) is 1.55. The van der Waals surface area contributed by atoms with E-state index in [1.807, 2.05) is 6.92 Å². The van der Waals surface area contributed by atoms with Crippen LogP contribution in [0.3, 0.4) is 0 Å². The zero-order valence-electron chi connectivity index (χ0n) is 6.28. The van der Waals surface area contributed by atoms with Crippen LogP contribution in [0.5, 0.6) is 11.5 Å². The van der Waals surface area contributed by atoms with Crippen molar-refractivity contribution in [3.05, 3.63) is 18.5 Å². The van der Waals surface area contributed by atoms with Crippen molar-refractivity contribution in [2.75, 3.05) is 6.61 Å². The summed E-state index contributed by atoms with van der Waals surface area (Å²) in [6, 6.07) is 1.81. The van der Waals surface area contributed by atoms with E-state index < -0.39 is 0 Å². The maximum atomic E-state index is 5.44. The van der Waals surface area contributed by atoms with Gasteiger partial charge in [-0.25, -0.2) is 0 Å². The van der Waals surface area contributed by atoms with Crippen LogP contribution in [-0.2, 0) is 0 Å². The van der Waals surface area contributed by atoms with Gasteiger partial charge in [0.1, 0.15) is 12.7 Å². The quantitative estimate of drug-likeness (QED) is 0.559. The summed E-state index contributed by atoms with van der Waals surface area (Å²) in [7, 11) is 0. The lowest BCUT2D eigenvalue weighted by molar-refractivity contribution is 0.103. The lowest BCUT2D eigenvalue weighted by atomic mass is 10.3. The van der Waals surface area contributed by atoms with Gasteiger partial charge in [-0.15, -0.1) is 0 Å². The summed E-state index contributed by atoms with van der Waals surface area (Å²) >= 11 is 0. The molecule has 0 fully saturated rings. The van der Waals surface area contributed by atoms with Gasteiger partial charge in [0.15, 0.2) is 11.5 Å². The highest BCUT2D eigenvalue weighted by Gasteiger charge is 2.15. The highest BCUT2D eigenvalue weighted by Crippen LogP contribution is 2.29. The zero-order chi connectivity index (χ0) is 7.68. The molecule has 0 radical (unpaired) electrons. The van der Waals surface area contributed by atoms with Crippen LogP contribution < -0.4 is 9.47 Å². The van der Waals surface area contributed by atoms with E-state index in [2.05, 4.69) is 4.98 Å². The second-order valence-corrected chi connectivity index (χ2v) is 2.56. The van der Waals surface area contributed by atoms with Crippen LogP contribution in [-0.4, -0.2) is 17.7 Å². The van der Waals surface area contributed by atoms with Gasteiger partial charge in [-0.05, 0) is 6.92 Å². The molecule has 3 nitrogen and oxygen atoms in total. The third kappa shape index (κ3) is 1.13. The molecule has 0 saturated heterocycles. The summed E-state index contributed by atoms with van der Waals surface area (Å²) in [5.74, 6) is 1.53. The highest BCUT2D eigenvalue weighted by atomic mass is 16.6. The van der Waals surface area contributed by atoms with Crippen molar-refractivity contribution in [2.24, 2.45) is 0 Å².